The number of benzene rings is 1. The number of carbonyl (C=O) groups is 1. The zero-order valence-electron chi connectivity index (χ0n) is 10.8. The molecule has 1 atom stereocenters. The van der Waals surface area contributed by atoms with E-state index in [1.54, 1.807) is 0 Å². The van der Waals surface area contributed by atoms with Gasteiger partial charge in [0.25, 0.3) is 0 Å². The molecule has 0 heterocycles. The number of hydrogen-bond acceptors (Lipinski definition) is 3. The summed E-state index contributed by atoms with van der Waals surface area (Å²) in [6, 6.07) is 8.83. The van der Waals surface area contributed by atoms with Crippen LogP contribution in [0, 0.1) is 0 Å². The molecular weight excluding hydrogens is 264 g/mol. The summed E-state index contributed by atoms with van der Waals surface area (Å²) in [5.74, 6) is -0.253. The maximum atomic E-state index is 12.0. The van der Waals surface area contributed by atoms with Gasteiger partial charge in [0.2, 0.25) is 15.9 Å². The molecule has 104 valence electrons. The minimum Gasteiger partial charge on any atom is -0.352 e. The molecule has 0 saturated heterocycles. The van der Waals surface area contributed by atoms with Crippen molar-refractivity contribution >= 4 is 15.9 Å². The third-order valence-electron chi connectivity index (χ3n) is 2.88. The second-order valence-electron chi connectivity index (χ2n) is 4.92. The summed E-state index contributed by atoms with van der Waals surface area (Å²) in [7, 11) is -3.41. The zero-order valence-corrected chi connectivity index (χ0v) is 11.6. The van der Waals surface area contributed by atoms with E-state index in [9.17, 15) is 13.2 Å². The van der Waals surface area contributed by atoms with Crippen molar-refractivity contribution in [2.24, 2.45) is 0 Å². The van der Waals surface area contributed by atoms with Crippen LogP contribution in [0.2, 0.25) is 0 Å². The second kappa shape index (κ2) is 5.71. The van der Waals surface area contributed by atoms with E-state index in [1.165, 1.54) is 0 Å². The van der Waals surface area contributed by atoms with Crippen molar-refractivity contribution in [3.63, 3.8) is 0 Å². The first-order chi connectivity index (χ1) is 8.94. The second-order valence-corrected chi connectivity index (χ2v) is 6.70. The fourth-order valence-electron chi connectivity index (χ4n) is 1.83. The van der Waals surface area contributed by atoms with E-state index in [-0.39, 0.29) is 11.9 Å². The minimum atomic E-state index is -3.41. The van der Waals surface area contributed by atoms with Crippen molar-refractivity contribution in [2.45, 2.75) is 31.3 Å². The molecule has 1 aliphatic rings. The molecule has 1 fully saturated rings. The Kier molecular flexibility index (Phi) is 4.21. The summed E-state index contributed by atoms with van der Waals surface area (Å²) in [5.41, 5.74) is 0.926. The molecule has 0 radical (unpaired) electrons. The highest BCUT2D eigenvalue weighted by Crippen LogP contribution is 2.19. The van der Waals surface area contributed by atoms with Crippen molar-refractivity contribution in [3.05, 3.63) is 35.9 Å². The van der Waals surface area contributed by atoms with Crippen molar-refractivity contribution in [1.29, 1.82) is 0 Å². The van der Waals surface area contributed by atoms with E-state index in [4.69, 9.17) is 0 Å². The Hall–Kier alpha value is -1.40. The van der Waals surface area contributed by atoms with E-state index in [0.29, 0.717) is 6.42 Å². The molecule has 0 bridgehead atoms. The van der Waals surface area contributed by atoms with Crippen LogP contribution in [0.5, 0.6) is 0 Å². The average Bonchev–Trinajstić information content (AvgIpc) is 3.11. The van der Waals surface area contributed by atoms with Crippen LogP contribution in [0.25, 0.3) is 0 Å². The Morgan fingerprint density at radius 3 is 2.47 bits per heavy atom. The fourth-order valence-corrected chi connectivity index (χ4v) is 2.53. The first-order valence-electron chi connectivity index (χ1n) is 6.25. The molecule has 1 saturated carbocycles. The van der Waals surface area contributed by atoms with Crippen LogP contribution >= 0.6 is 0 Å². The zero-order chi connectivity index (χ0) is 13.9. The lowest BCUT2D eigenvalue weighted by Gasteiger charge is -2.17. The molecule has 2 N–H and O–H groups in total. The van der Waals surface area contributed by atoms with E-state index >= 15 is 0 Å². The number of hydrogen-bond donors (Lipinski definition) is 2. The van der Waals surface area contributed by atoms with Gasteiger partial charge in [0.15, 0.2) is 0 Å². The van der Waals surface area contributed by atoms with Gasteiger partial charge in [-0.15, -0.1) is 0 Å². The molecule has 2 rings (SSSR count). The van der Waals surface area contributed by atoms with Gasteiger partial charge in [-0.05, 0) is 24.8 Å². The molecule has 1 amide bonds. The van der Waals surface area contributed by atoms with Gasteiger partial charge in [0.1, 0.15) is 6.04 Å². The maximum Gasteiger partial charge on any atom is 0.238 e. The lowest BCUT2D eigenvalue weighted by Crippen LogP contribution is -2.48. The number of nitrogens with one attached hydrogen (secondary N) is 2. The van der Waals surface area contributed by atoms with E-state index < -0.39 is 16.1 Å². The number of sulfonamides is 1. The van der Waals surface area contributed by atoms with Crippen LogP contribution in [0.15, 0.2) is 30.3 Å². The van der Waals surface area contributed by atoms with Gasteiger partial charge in [-0.2, -0.15) is 0 Å². The molecule has 19 heavy (non-hydrogen) atoms. The number of carbonyl (C=O) groups excluding carboxylic acids is 1. The summed E-state index contributed by atoms with van der Waals surface area (Å²) in [5, 5.41) is 2.83. The summed E-state index contributed by atoms with van der Waals surface area (Å²) in [4.78, 5) is 12.0. The smallest absolute Gasteiger partial charge is 0.238 e. The Balaban J connectivity index is 2.06. The standard InChI is InChI=1S/C13H18N2O3S/c1-19(17,18)15-12(13(16)14-11-7-8-11)9-10-5-3-2-4-6-10/h2-6,11-12,15H,7-9H2,1H3,(H,14,16). The maximum absolute atomic E-state index is 12.0. The molecule has 1 aromatic rings. The summed E-state index contributed by atoms with van der Waals surface area (Å²) in [6.45, 7) is 0. The average molecular weight is 282 g/mol. The topological polar surface area (TPSA) is 75.3 Å². The molecule has 5 nitrogen and oxygen atoms in total. The van der Waals surface area contributed by atoms with Crippen LogP contribution in [-0.4, -0.2) is 32.7 Å². The van der Waals surface area contributed by atoms with Gasteiger partial charge in [-0.3, -0.25) is 4.79 Å². The Bertz CT molecular complexity index is 538. The van der Waals surface area contributed by atoms with Gasteiger partial charge in [-0.25, -0.2) is 13.1 Å². The lowest BCUT2D eigenvalue weighted by atomic mass is 10.1. The van der Waals surface area contributed by atoms with Crippen LogP contribution in [0.3, 0.4) is 0 Å². The van der Waals surface area contributed by atoms with E-state index in [0.717, 1.165) is 24.7 Å². The molecule has 0 spiro atoms. The third kappa shape index (κ3) is 5.00. The number of rotatable bonds is 6. The molecule has 6 heteroatoms. The Morgan fingerprint density at radius 2 is 1.95 bits per heavy atom. The Morgan fingerprint density at radius 1 is 1.32 bits per heavy atom. The van der Waals surface area contributed by atoms with Crippen molar-refractivity contribution in [1.82, 2.24) is 10.0 Å². The van der Waals surface area contributed by atoms with Crippen LogP contribution in [-0.2, 0) is 21.2 Å². The third-order valence-corrected chi connectivity index (χ3v) is 3.59. The summed E-state index contributed by atoms with van der Waals surface area (Å²) < 4.78 is 25.1. The van der Waals surface area contributed by atoms with Crippen LogP contribution in [0.1, 0.15) is 18.4 Å². The highest BCUT2D eigenvalue weighted by Gasteiger charge is 2.29. The van der Waals surface area contributed by atoms with Gasteiger partial charge in [0.05, 0.1) is 6.26 Å². The predicted molar refractivity (Wildman–Crippen MR) is 73.1 cm³/mol. The molecular formula is C13H18N2O3S. The minimum absolute atomic E-state index is 0.215. The highest BCUT2D eigenvalue weighted by molar-refractivity contribution is 7.88. The van der Waals surface area contributed by atoms with Gasteiger partial charge in [0, 0.05) is 6.04 Å². The highest BCUT2D eigenvalue weighted by atomic mass is 32.2. The van der Waals surface area contributed by atoms with Crippen molar-refractivity contribution < 1.29 is 13.2 Å². The van der Waals surface area contributed by atoms with E-state index in [1.807, 2.05) is 30.3 Å². The predicted octanol–water partition coefficient (Wildman–Crippen LogP) is 0.425. The molecule has 0 aromatic heterocycles. The van der Waals surface area contributed by atoms with Gasteiger partial charge < -0.3 is 5.32 Å². The SMILES string of the molecule is CS(=O)(=O)NC(Cc1ccccc1)C(=O)NC1CC1. The quantitative estimate of drug-likeness (QED) is 0.794. The van der Waals surface area contributed by atoms with Crippen LogP contribution < -0.4 is 10.0 Å². The van der Waals surface area contributed by atoms with Crippen molar-refractivity contribution in [3.8, 4) is 0 Å². The Labute approximate surface area is 113 Å². The number of amides is 1. The van der Waals surface area contributed by atoms with E-state index in [2.05, 4.69) is 10.0 Å². The van der Waals surface area contributed by atoms with Crippen molar-refractivity contribution in [2.75, 3.05) is 6.26 Å². The monoisotopic (exact) mass is 282 g/mol. The van der Waals surface area contributed by atoms with Gasteiger partial charge >= 0.3 is 0 Å². The molecule has 0 aliphatic heterocycles. The molecule has 1 aliphatic carbocycles. The van der Waals surface area contributed by atoms with Gasteiger partial charge in [-0.1, -0.05) is 30.3 Å². The lowest BCUT2D eigenvalue weighted by molar-refractivity contribution is -0.122. The largest absolute Gasteiger partial charge is 0.352 e. The molecule has 1 unspecified atom stereocenters. The van der Waals surface area contributed by atoms with Crippen LogP contribution in [0.4, 0.5) is 0 Å². The summed E-state index contributed by atoms with van der Waals surface area (Å²) >= 11 is 0. The first kappa shape index (κ1) is 14.0. The first-order valence-corrected chi connectivity index (χ1v) is 8.15. The summed E-state index contributed by atoms with van der Waals surface area (Å²) in [6.07, 6.45) is 3.37. The fraction of sp³-hybridized carbons (Fsp3) is 0.462. The normalized spacial score (nSPS) is 16.9. The molecule has 1 aromatic carbocycles.